The highest BCUT2D eigenvalue weighted by atomic mass is 19.1. The summed E-state index contributed by atoms with van der Waals surface area (Å²) in [5.74, 6) is 1.26. The Morgan fingerprint density at radius 1 is 1.16 bits per heavy atom. The predicted octanol–water partition coefficient (Wildman–Crippen LogP) is 3.00. The molecule has 192 valence electrons. The number of morpholine rings is 1. The molecule has 2 aromatic carbocycles. The molecule has 1 N–H and O–H groups in total. The molecule has 1 unspecified atom stereocenters. The van der Waals surface area contributed by atoms with E-state index in [0.717, 1.165) is 22.5 Å². The van der Waals surface area contributed by atoms with Gasteiger partial charge in [-0.2, -0.15) is 0 Å². The van der Waals surface area contributed by atoms with Gasteiger partial charge in [-0.3, -0.25) is 0 Å². The van der Waals surface area contributed by atoms with Gasteiger partial charge in [0, 0.05) is 6.20 Å². The van der Waals surface area contributed by atoms with Gasteiger partial charge >= 0.3 is 0 Å². The predicted molar refractivity (Wildman–Crippen MR) is 133 cm³/mol. The number of halogens is 1. The van der Waals surface area contributed by atoms with Crippen molar-refractivity contribution in [2.75, 3.05) is 40.1 Å². The number of benzene rings is 2. The highest BCUT2D eigenvalue weighted by molar-refractivity contribution is 6.01. The summed E-state index contributed by atoms with van der Waals surface area (Å²) in [5.41, 5.74) is 1.75. The number of nitrogens with zero attached hydrogens (tertiary/aromatic N) is 4. The molecule has 4 heterocycles. The van der Waals surface area contributed by atoms with Crippen LogP contribution in [0.5, 0.6) is 5.75 Å². The Labute approximate surface area is 213 Å². The molecule has 0 amide bonds. The Bertz CT molecular complexity index is 1380. The molecule has 3 aliphatic heterocycles. The average Bonchev–Trinajstić information content (AvgIpc) is 3.33. The molecule has 6 rings (SSSR count). The number of aliphatic hydroxyl groups excluding tert-OH is 1. The lowest BCUT2D eigenvalue weighted by molar-refractivity contribution is -0.213. The second-order valence-electron chi connectivity index (χ2n) is 9.61. The van der Waals surface area contributed by atoms with Gasteiger partial charge in [0.1, 0.15) is 23.7 Å². The highest BCUT2D eigenvalue weighted by Gasteiger charge is 2.55. The van der Waals surface area contributed by atoms with Gasteiger partial charge in [-0.1, -0.05) is 23.4 Å². The standard InChI is InChI=1S/C27H27FN4O5/c1-18-11-31(17-29-18)22-8-3-19(9-23(22)34-2)10-24-25-30-36-16-27(13-33,20-4-6-21(28)7-5-20)32(25)12-26(37-24)14-35-15-26/h3-11,17,33H,12-16H2,1-2H3. The van der Waals surface area contributed by atoms with E-state index in [9.17, 15) is 9.50 Å². The number of aryl methyl sites for hydroxylation is 1. The highest BCUT2D eigenvalue weighted by Crippen LogP contribution is 2.42. The van der Waals surface area contributed by atoms with Crippen LogP contribution in [0.1, 0.15) is 16.8 Å². The molecule has 9 nitrogen and oxygen atoms in total. The number of fused-ring (bicyclic) bond motifs is 1. The van der Waals surface area contributed by atoms with Gasteiger partial charge in [0.2, 0.25) is 5.84 Å². The Hall–Kier alpha value is -3.89. The maximum absolute atomic E-state index is 13.7. The van der Waals surface area contributed by atoms with Crippen LogP contribution in [0.15, 0.2) is 65.9 Å². The lowest BCUT2D eigenvalue weighted by Crippen LogP contribution is -2.69. The van der Waals surface area contributed by atoms with Gasteiger partial charge in [0.15, 0.2) is 11.4 Å². The number of methoxy groups -OCH3 is 1. The number of amidine groups is 1. The van der Waals surface area contributed by atoms with Crippen LogP contribution < -0.4 is 4.74 Å². The van der Waals surface area contributed by atoms with Gasteiger partial charge in [0.05, 0.1) is 51.2 Å². The van der Waals surface area contributed by atoms with E-state index in [2.05, 4.69) is 10.1 Å². The number of ether oxygens (including phenoxy) is 3. The van der Waals surface area contributed by atoms with E-state index >= 15 is 0 Å². The second-order valence-corrected chi connectivity index (χ2v) is 9.61. The first-order chi connectivity index (χ1) is 17.9. The average molecular weight is 507 g/mol. The molecule has 2 saturated heterocycles. The Morgan fingerprint density at radius 2 is 1.97 bits per heavy atom. The Kier molecular flexibility index (Phi) is 5.65. The van der Waals surface area contributed by atoms with Gasteiger partial charge in [-0.05, 0) is 48.4 Å². The van der Waals surface area contributed by atoms with Gasteiger partial charge < -0.3 is 33.6 Å². The fourth-order valence-corrected chi connectivity index (χ4v) is 5.03. The van der Waals surface area contributed by atoms with Crippen LogP contribution in [0.25, 0.3) is 11.8 Å². The van der Waals surface area contributed by atoms with Crippen molar-refractivity contribution in [2.45, 2.75) is 18.1 Å². The number of hydrogen-bond acceptors (Lipinski definition) is 8. The zero-order valence-electron chi connectivity index (χ0n) is 20.6. The van der Waals surface area contributed by atoms with Crippen molar-refractivity contribution >= 4 is 11.9 Å². The molecule has 0 bridgehead atoms. The molecule has 1 atom stereocenters. The van der Waals surface area contributed by atoms with Crippen LogP contribution >= 0.6 is 0 Å². The first-order valence-corrected chi connectivity index (χ1v) is 12.0. The summed E-state index contributed by atoms with van der Waals surface area (Å²) in [5, 5.41) is 15.0. The zero-order chi connectivity index (χ0) is 25.6. The number of oxime groups is 1. The summed E-state index contributed by atoms with van der Waals surface area (Å²) in [6.45, 7) is 3.03. The third kappa shape index (κ3) is 3.93. The lowest BCUT2D eigenvalue weighted by Gasteiger charge is -2.55. The molecule has 1 aromatic heterocycles. The fourth-order valence-electron chi connectivity index (χ4n) is 5.03. The number of aliphatic hydroxyl groups is 1. The molecule has 0 aliphatic carbocycles. The summed E-state index contributed by atoms with van der Waals surface area (Å²) in [7, 11) is 1.62. The molecule has 2 fully saturated rings. The van der Waals surface area contributed by atoms with Crippen LogP contribution in [0.4, 0.5) is 4.39 Å². The van der Waals surface area contributed by atoms with E-state index in [4.69, 9.17) is 19.0 Å². The van der Waals surface area contributed by atoms with Crippen LogP contribution in [-0.4, -0.2) is 71.1 Å². The van der Waals surface area contributed by atoms with E-state index in [0.29, 0.717) is 37.1 Å². The lowest BCUT2D eigenvalue weighted by atomic mass is 9.85. The Balaban J connectivity index is 1.41. The molecule has 37 heavy (non-hydrogen) atoms. The van der Waals surface area contributed by atoms with Crippen LogP contribution in [0, 0.1) is 12.7 Å². The van der Waals surface area contributed by atoms with Crippen molar-refractivity contribution in [1.29, 1.82) is 0 Å². The van der Waals surface area contributed by atoms with E-state index in [1.165, 1.54) is 12.1 Å². The monoisotopic (exact) mass is 506 g/mol. The third-order valence-electron chi connectivity index (χ3n) is 7.08. The first kappa shape index (κ1) is 23.5. The molecular weight excluding hydrogens is 479 g/mol. The van der Waals surface area contributed by atoms with E-state index in [1.54, 1.807) is 25.6 Å². The molecule has 1 spiro atoms. The molecule has 0 radical (unpaired) electrons. The minimum absolute atomic E-state index is 0.107. The fraction of sp³-hybridized carbons (Fsp3) is 0.333. The summed E-state index contributed by atoms with van der Waals surface area (Å²) >= 11 is 0. The maximum Gasteiger partial charge on any atom is 0.211 e. The quantitative estimate of drug-likeness (QED) is 0.569. The number of rotatable bonds is 5. The van der Waals surface area contributed by atoms with E-state index in [1.807, 2.05) is 46.9 Å². The van der Waals surface area contributed by atoms with Crippen molar-refractivity contribution in [2.24, 2.45) is 5.16 Å². The number of imidazole rings is 1. The number of aromatic nitrogens is 2. The van der Waals surface area contributed by atoms with Crippen LogP contribution in [0.3, 0.4) is 0 Å². The maximum atomic E-state index is 13.7. The zero-order valence-corrected chi connectivity index (χ0v) is 20.6. The van der Waals surface area contributed by atoms with Gasteiger partial charge in [-0.15, -0.1) is 0 Å². The molecule has 3 aromatic rings. The number of hydrogen-bond donors (Lipinski definition) is 1. The van der Waals surface area contributed by atoms with Crippen molar-refractivity contribution in [3.63, 3.8) is 0 Å². The van der Waals surface area contributed by atoms with Crippen molar-refractivity contribution in [3.05, 3.63) is 83.4 Å². The van der Waals surface area contributed by atoms with Crippen molar-refractivity contribution in [1.82, 2.24) is 14.5 Å². The molecule has 3 aliphatic rings. The van der Waals surface area contributed by atoms with Crippen molar-refractivity contribution in [3.8, 4) is 11.4 Å². The third-order valence-corrected chi connectivity index (χ3v) is 7.08. The summed E-state index contributed by atoms with van der Waals surface area (Å²) in [4.78, 5) is 11.9. The first-order valence-electron chi connectivity index (χ1n) is 12.0. The van der Waals surface area contributed by atoms with E-state index in [-0.39, 0.29) is 19.0 Å². The summed E-state index contributed by atoms with van der Waals surface area (Å²) in [6, 6.07) is 11.9. The largest absolute Gasteiger partial charge is 0.495 e. The minimum Gasteiger partial charge on any atom is -0.495 e. The van der Waals surface area contributed by atoms with Crippen molar-refractivity contribution < 1.29 is 28.5 Å². The van der Waals surface area contributed by atoms with Crippen LogP contribution in [0.2, 0.25) is 0 Å². The summed E-state index contributed by atoms with van der Waals surface area (Å²) < 4.78 is 33.3. The molecule has 10 heteroatoms. The normalized spacial score (nSPS) is 23.1. The summed E-state index contributed by atoms with van der Waals surface area (Å²) in [6.07, 6.45) is 5.54. The topological polar surface area (TPSA) is 90.6 Å². The molecular formula is C27H27FN4O5. The smallest absolute Gasteiger partial charge is 0.211 e. The van der Waals surface area contributed by atoms with E-state index < -0.39 is 11.1 Å². The molecule has 0 saturated carbocycles. The van der Waals surface area contributed by atoms with Crippen LogP contribution in [-0.2, 0) is 19.9 Å². The van der Waals surface area contributed by atoms with Gasteiger partial charge in [-0.25, -0.2) is 9.37 Å². The Morgan fingerprint density at radius 3 is 2.62 bits per heavy atom. The second kappa shape index (κ2) is 8.89. The SMILES string of the molecule is COc1cc(C=C2OC3(COC3)CN3C2=NOCC3(CO)c2ccc(F)cc2)ccc1-n1cnc(C)c1. The van der Waals surface area contributed by atoms with Gasteiger partial charge in [0.25, 0.3) is 0 Å². The minimum atomic E-state index is -0.961.